The van der Waals surface area contributed by atoms with Crippen LogP contribution in [0.25, 0.3) is 0 Å². The van der Waals surface area contributed by atoms with Crippen molar-refractivity contribution < 1.29 is 4.39 Å². The Morgan fingerprint density at radius 2 is 2.20 bits per heavy atom. The lowest BCUT2D eigenvalue weighted by Crippen LogP contribution is -2.35. The van der Waals surface area contributed by atoms with Gasteiger partial charge in [-0.15, -0.1) is 0 Å². The highest BCUT2D eigenvalue weighted by atomic mass is 19.1. The predicted octanol–water partition coefficient (Wildman–Crippen LogP) is 1.57. The lowest BCUT2D eigenvalue weighted by atomic mass is 10.1. The van der Waals surface area contributed by atoms with E-state index in [0.717, 1.165) is 25.1 Å². The van der Waals surface area contributed by atoms with Gasteiger partial charge >= 0.3 is 0 Å². The molecule has 0 aromatic heterocycles. The zero-order valence-electron chi connectivity index (χ0n) is 9.39. The van der Waals surface area contributed by atoms with Crippen molar-refractivity contribution in [3.8, 4) is 0 Å². The highest BCUT2D eigenvalue weighted by Gasteiger charge is 1.99. The molecule has 0 amide bonds. The van der Waals surface area contributed by atoms with E-state index in [1.54, 1.807) is 12.1 Å². The molecule has 1 unspecified atom stereocenters. The third-order valence-corrected chi connectivity index (χ3v) is 2.31. The van der Waals surface area contributed by atoms with Crippen LogP contribution in [0.2, 0.25) is 0 Å². The monoisotopic (exact) mass is 210 g/mol. The minimum atomic E-state index is -0.157. The van der Waals surface area contributed by atoms with Crippen LogP contribution < -0.4 is 10.6 Å². The third kappa shape index (κ3) is 4.91. The Morgan fingerprint density at radius 1 is 1.40 bits per heavy atom. The minimum Gasteiger partial charge on any atom is -0.318 e. The van der Waals surface area contributed by atoms with Gasteiger partial charge < -0.3 is 10.6 Å². The Balaban J connectivity index is 2.25. The van der Waals surface area contributed by atoms with E-state index >= 15 is 0 Å². The first-order chi connectivity index (χ1) is 7.22. The molecule has 0 fully saturated rings. The maximum Gasteiger partial charge on any atom is 0.123 e. The molecule has 0 aliphatic heterocycles. The largest absolute Gasteiger partial charge is 0.318 e. The second-order valence-electron chi connectivity index (χ2n) is 3.79. The molecule has 1 aromatic rings. The average molecular weight is 210 g/mol. The standard InChI is InChI=1S/C12H19FN2/c1-10(9-14-2)15-7-6-11-4-3-5-12(13)8-11/h3-5,8,10,14-15H,6-7,9H2,1-2H3. The van der Waals surface area contributed by atoms with Crippen molar-refractivity contribution in [1.82, 2.24) is 10.6 Å². The number of halogens is 1. The Kier molecular flexibility index (Phi) is 5.29. The van der Waals surface area contributed by atoms with Crippen molar-refractivity contribution in [1.29, 1.82) is 0 Å². The topological polar surface area (TPSA) is 24.1 Å². The van der Waals surface area contributed by atoms with Crippen LogP contribution in [0.5, 0.6) is 0 Å². The van der Waals surface area contributed by atoms with Gasteiger partial charge in [-0.2, -0.15) is 0 Å². The lowest BCUT2D eigenvalue weighted by molar-refractivity contribution is 0.525. The van der Waals surface area contributed by atoms with Gasteiger partial charge in [-0.1, -0.05) is 12.1 Å². The summed E-state index contributed by atoms with van der Waals surface area (Å²) in [5.41, 5.74) is 1.04. The quantitative estimate of drug-likeness (QED) is 0.744. The normalized spacial score (nSPS) is 12.7. The van der Waals surface area contributed by atoms with E-state index in [2.05, 4.69) is 17.6 Å². The summed E-state index contributed by atoms with van der Waals surface area (Å²) in [6, 6.07) is 7.21. The Morgan fingerprint density at radius 3 is 2.87 bits per heavy atom. The highest BCUT2D eigenvalue weighted by molar-refractivity contribution is 5.16. The van der Waals surface area contributed by atoms with E-state index in [1.165, 1.54) is 6.07 Å². The Bertz CT molecular complexity index is 289. The molecule has 84 valence electrons. The number of benzene rings is 1. The van der Waals surface area contributed by atoms with Gasteiger partial charge in [-0.05, 0) is 44.6 Å². The summed E-state index contributed by atoms with van der Waals surface area (Å²) in [7, 11) is 1.94. The van der Waals surface area contributed by atoms with Crippen molar-refractivity contribution in [3.63, 3.8) is 0 Å². The molecule has 3 heteroatoms. The van der Waals surface area contributed by atoms with Gasteiger partial charge in [0.1, 0.15) is 5.82 Å². The lowest BCUT2D eigenvalue weighted by Gasteiger charge is -2.12. The fourth-order valence-electron chi connectivity index (χ4n) is 1.53. The molecule has 1 atom stereocenters. The van der Waals surface area contributed by atoms with Crippen molar-refractivity contribution in [3.05, 3.63) is 35.6 Å². The van der Waals surface area contributed by atoms with E-state index in [1.807, 2.05) is 13.1 Å². The van der Waals surface area contributed by atoms with Crippen LogP contribution in [-0.4, -0.2) is 26.2 Å². The number of hydrogen-bond donors (Lipinski definition) is 2. The smallest absolute Gasteiger partial charge is 0.123 e. The molecule has 0 aliphatic rings. The van der Waals surface area contributed by atoms with Crippen LogP contribution in [0.15, 0.2) is 24.3 Å². The van der Waals surface area contributed by atoms with E-state index in [-0.39, 0.29) is 5.82 Å². The van der Waals surface area contributed by atoms with Gasteiger partial charge in [-0.25, -0.2) is 4.39 Å². The van der Waals surface area contributed by atoms with E-state index in [9.17, 15) is 4.39 Å². The van der Waals surface area contributed by atoms with Crippen molar-refractivity contribution in [2.24, 2.45) is 0 Å². The van der Waals surface area contributed by atoms with Crippen LogP contribution in [-0.2, 0) is 6.42 Å². The van der Waals surface area contributed by atoms with E-state index in [4.69, 9.17) is 0 Å². The molecule has 2 nitrogen and oxygen atoms in total. The first-order valence-corrected chi connectivity index (χ1v) is 5.35. The van der Waals surface area contributed by atoms with Crippen molar-refractivity contribution >= 4 is 0 Å². The summed E-state index contributed by atoms with van der Waals surface area (Å²) in [5, 5.41) is 6.47. The van der Waals surface area contributed by atoms with Crippen LogP contribution in [0.1, 0.15) is 12.5 Å². The first-order valence-electron chi connectivity index (χ1n) is 5.35. The summed E-state index contributed by atoms with van der Waals surface area (Å²) >= 11 is 0. The summed E-state index contributed by atoms with van der Waals surface area (Å²) < 4.78 is 12.8. The molecule has 0 spiro atoms. The zero-order chi connectivity index (χ0) is 11.1. The van der Waals surface area contributed by atoms with Crippen LogP contribution in [0.3, 0.4) is 0 Å². The molecule has 1 rings (SSSR count). The van der Waals surface area contributed by atoms with Gasteiger partial charge in [-0.3, -0.25) is 0 Å². The summed E-state index contributed by atoms with van der Waals surface area (Å²) in [4.78, 5) is 0. The highest BCUT2D eigenvalue weighted by Crippen LogP contribution is 2.03. The Labute approximate surface area is 90.9 Å². The van der Waals surface area contributed by atoms with E-state index < -0.39 is 0 Å². The fraction of sp³-hybridized carbons (Fsp3) is 0.500. The third-order valence-electron chi connectivity index (χ3n) is 2.31. The molecule has 15 heavy (non-hydrogen) atoms. The zero-order valence-corrected chi connectivity index (χ0v) is 9.39. The molecule has 0 aliphatic carbocycles. The predicted molar refractivity (Wildman–Crippen MR) is 61.5 cm³/mol. The molecular formula is C12H19FN2. The summed E-state index contributed by atoms with van der Waals surface area (Å²) in [5.74, 6) is -0.157. The molecule has 0 radical (unpaired) electrons. The summed E-state index contributed by atoms with van der Waals surface area (Å²) in [6.45, 7) is 3.96. The molecule has 1 aromatic carbocycles. The molecule has 0 saturated carbocycles. The van der Waals surface area contributed by atoms with Crippen LogP contribution in [0, 0.1) is 5.82 Å². The Hall–Kier alpha value is -0.930. The van der Waals surface area contributed by atoms with Gasteiger partial charge in [0, 0.05) is 12.6 Å². The number of hydrogen-bond acceptors (Lipinski definition) is 2. The molecule has 0 heterocycles. The maximum absolute atomic E-state index is 12.8. The van der Waals surface area contributed by atoms with Gasteiger partial charge in [0.05, 0.1) is 0 Å². The fourth-order valence-corrected chi connectivity index (χ4v) is 1.53. The van der Waals surface area contributed by atoms with Crippen LogP contribution >= 0.6 is 0 Å². The van der Waals surface area contributed by atoms with Gasteiger partial charge in [0.2, 0.25) is 0 Å². The molecular weight excluding hydrogens is 191 g/mol. The first kappa shape index (κ1) is 12.1. The number of nitrogens with one attached hydrogen (secondary N) is 2. The second-order valence-corrected chi connectivity index (χ2v) is 3.79. The molecule has 0 saturated heterocycles. The SMILES string of the molecule is CNCC(C)NCCc1cccc(F)c1. The number of rotatable bonds is 6. The average Bonchev–Trinajstić information content (AvgIpc) is 2.18. The minimum absolute atomic E-state index is 0.157. The van der Waals surface area contributed by atoms with Gasteiger partial charge in [0.25, 0.3) is 0 Å². The summed E-state index contributed by atoms with van der Waals surface area (Å²) in [6.07, 6.45) is 0.867. The second kappa shape index (κ2) is 6.53. The van der Waals surface area contributed by atoms with E-state index in [0.29, 0.717) is 6.04 Å². The molecule has 0 bridgehead atoms. The van der Waals surface area contributed by atoms with Crippen molar-refractivity contribution in [2.75, 3.05) is 20.1 Å². The molecule has 2 N–H and O–H groups in total. The van der Waals surface area contributed by atoms with Gasteiger partial charge in [0.15, 0.2) is 0 Å². The number of likely N-dealkylation sites (N-methyl/N-ethyl adjacent to an activating group) is 1. The maximum atomic E-state index is 12.8. The van der Waals surface area contributed by atoms with Crippen LogP contribution in [0.4, 0.5) is 4.39 Å². The van der Waals surface area contributed by atoms with Crippen molar-refractivity contribution in [2.45, 2.75) is 19.4 Å².